The number of aliphatic hydroxyl groups is 1. The Hall–Kier alpha value is -0.620. The van der Waals surface area contributed by atoms with Crippen LogP contribution in [0.5, 0.6) is 0 Å². The Morgan fingerprint density at radius 1 is 1.24 bits per heavy atom. The summed E-state index contributed by atoms with van der Waals surface area (Å²) in [7, 11) is 1.98. The molecular weight excluding hydrogens is 330 g/mol. The number of nitrogens with zero attached hydrogens (tertiary/aromatic N) is 2. The van der Waals surface area contributed by atoms with E-state index in [2.05, 4.69) is 49.2 Å². The molecule has 1 heterocycles. The molecule has 21 heavy (non-hydrogen) atoms. The van der Waals surface area contributed by atoms with Gasteiger partial charge in [0.2, 0.25) is 0 Å². The van der Waals surface area contributed by atoms with E-state index >= 15 is 0 Å². The Morgan fingerprint density at radius 3 is 2.48 bits per heavy atom. The van der Waals surface area contributed by atoms with Crippen molar-refractivity contribution in [3.05, 3.63) is 28.2 Å². The molecule has 1 aromatic rings. The summed E-state index contributed by atoms with van der Waals surface area (Å²) in [6, 6.07) is 6.48. The predicted octanol–water partition coefficient (Wildman–Crippen LogP) is 2.06. The maximum absolute atomic E-state index is 9.93. The fourth-order valence-electron chi connectivity index (χ4n) is 2.87. The second-order valence-corrected chi connectivity index (χ2v) is 7.29. The van der Waals surface area contributed by atoms with Gasteiger partial charge in [-0.3, -0.25) is 4.90 Å². The lowest BCUT2D eigenvalue weighted by molar-refractivity contribution is 0.0345. The van der Waals surface area contributed by atoms with Crippen LogP contribution >= 0.6 is 15.9 Å². The summed E-state index contributed by atoms with van der Waals surface area (Å²) in [6.45, 7) is 9.37. The lowest BCUT2D eigenvalue weighted by Gasteiger charge is -2.39. The van der Waals surface area contributed by atoms with Crippen molar-refractivity contribution in [1.82, 2.24) is 10.2 Å². The van der Waals surface area contributed by atoms with Crippen molar-refractivity contribution in [3.63, 3.8) is 0 Å². The van der Waals surface area contributed by atoms with E-state index in [1.165, 1.54) is 11.3 Å². The lowest BCUT2D eigenvalue weighted by Crippen LogP contribution is -2.50. The van der Waals surface area contributed by atoms with Crippen LogP contribution in [0, 0.1) is 0 Å². The van der Waals surface area contributed by atoms with Gasteiger partial charge in [-0.1, -0.05) is 22.0 Å². The van der Waals surface area contributed by atoms with Gasteiger partial charge in [0.1, 0.15) is 0 Å². The Balaban J connectivity index is 2.03. The number of β-amino-alcohol motifs (C(OH)–C–C–N with tert-alkyl or cyclic N) is 1. The van der Waals surface area contributed by atoms with Gasteiger partial charge in [0.15, 0.2) is 0 Å². The van der Waals surface area contributed by atoms with Crippen molar-refractivity contribution in [1.29, 1.82) is 0 Å². The maximum atomic E-state index is 9.93. The van der Waals surface area contributed by atoms with Gasteiger partial charge in [-0.15, -0.1) is 0 Å². The average molecular weight is 356 g/mol. The summed E-state index contributed by atoms with van der Waals surface area (Å²) in [5.41, 5.74) is 2.02. The van der Waals surface area contributed by atoms with E-state index in [1.54, 1.807) is 0 Å². The molecule has 0 unspecified atom stereocenters. The molecule has 1 aliphatic heterocycles. The topological polar surface area (TPSA) is 38.7 Å². The SMILES string of the molecule is CNCc1ccc(Br)cc1N1CCN(CC(C)(C)O)CC1. The van der Waals surface area contributed by atoms with Crippen LogP contribution in [-0.4, -0.2) is 55.4 Å². The van der Waals surface area contributed by atoms with Gasteiger partial charge in [0.05, 0.1) is 5.60 Å². The molecule has 4 nitrogen and oxygen atoms in total. The molecule has 2 N–H and O–H groups in total. The van der Waals surface area contributed by atoms with Crippen LogP contribution in [0.2, 0.25) is 0 Å². The molecule has 1 aliphatic rings. The number of hydrogen-bond acceptors (Lipinski definition) is 4. The molecule has 0 aromatic heterocycles. The third kappa shape index (κ3) is 4.95. The summed E-state index contributed by atoms with van der Waals surface area (Å²) in [5.74, 6) is 0. The first kappa shape index (κ1) is 16.7. The number of anilines is 1. The van der Waals surface area contributed by atoms with Crippen molar-refractivity contribution >= 4 is 21.6 Å². The molecule has 1 fully saturated rings. The zero-order chi connectivity index (χ0) is 15.5. The number of nitrogens with one attached hydrogen (secondary N) is 1. The van der Waals surface area contributed by atoms with Gasteiger partial charge < -0.3 is 15.3 Å². The zero-order valence-corrected chi connectivity index (χ0v) is 14.8. The Kier molecular flexibility index (Phi) is 5.66. The van der Waals surface area contributed by atoms with Gasteiger partial charge in [0, 0.05) is 49.4 Å². The highest BCUT2D eigenvalue weighted by atomic mass is 79.9. The lowest BCUT2D eigenvalue weighted by atomic mass is 10.1. The normalized spacial score (nSPS) is 17.3. The second-order valence-electron chi connectivity index (χ2n) is 6.38. The van der Waals surface area contributed by atoms with Crippen molar-refractivity contribution in [2.45, 2.75) is 26.0 Å². The molecule has 1 aromatic carbocycles. The predicted molar refractivity (Wildman–Crippen MR) is 91.9 cm³/mol. The van der Waals surface area contributed by atoms with E-state index in [-0.39, 0.29) is 0 Å². The quantitative estimate of drug-likeness (QED) is 0.847. The average Bonchev–Trinajstić information content (AvgIpc) is 2.40. The third-order valence-electron chi connectivity index (χ3n) is 3.74. The zero-order valence-electron chi connectivity index (χ0n) is 13.2. The molecule has 0 saturated carbocycles. The van der Waals surface area contributed by atoms with Gasteiger partial charge in [-0.25, -0.2) is 0 Å². The molecule has 0 spiro atoms. The Morgan fingerprint density at radius 2 is 1.90 bits per heavy atom. The monoisotopic (exact) mass is 355 g/mol. The summed E-state index contributed by atoms with van der Waals surface area (Å²) in [6.07, 6.45) is 0. The Labute approximate surface area is 136 Å². The minimum Gasteiger partial charge on any atom is -0.389 e. The number of hydrogen-bond donors (Lipinski definition) is 2. The summed E-state index contributed by atoms with van der Waals surface area (Å²) >= 11 is 3.58. The molecule has 0 atom stereocenters. The second kappa shape index (κ2) is 7.09. The van der Waals surface area contributed by atoms with Gasteiger partial charge >= 0.3 is 0 Å². The van der Waals surface area contributed by atoms with Crippen LogP contribution in [0.15, 0.2) is 22.7 Å². The smallest absolute Gasteiger partial charge is 0.0718 e. The van der Waals surface area contributed by atoms with E-state index < -0.39 is 5.60 Å². The van der Waals surface area contributed by atoms with Gasteiger partial charge in [-0.2, -0.15) is 0 Å². The van der Waals surface area contributed by atoms with Crippen molar-refractivity contribution in [2.75, 3.05) is 44.7 Å². The molecule has 5 heteroatoms. The van der Waals surface area contributed by atoms with Crippen LogP contribution in [0.1, 0.15) is 19.4 Å². The summed E-state index contributed by atoms with van der Waals surface area (Å²) in [4.78, 5) is 4.78. The highest BCUT2D eigenvalue weighted by Gasteiger charge is 2.23. The van der Waals surface area contributed by atoms with Crippen LogP contribution in [-0.2, 0) is 6.54 Å². The van der Waals surface area contributed by atoms with Crippen LogP contribution < -0.4 is 10.2 Å². The van der Waals surface area contributed by atoms with Crippen molar-refractivity contribution < 1.29 is 5.11 Å². The van der Waals surface area contributed by atoms with Crippen molar-refractivity contribution in [3.8, 4) is 0 Å². The maximum Gasteiger partial charge on any atom is 0.0718 e. The van der Waals surface area contributed by atoms with E-state index in [4.69, 9.17) is 0 Å². The first-order valence-corrected chi connectivity index (χ1v) is 8.31. The molecular formula is C16H26BrN3O. The molecule has 0 bridgehead atoms. The number of piperazine rings is 1. The number of benzene rings is 1. The molecule has 2 rings (SSSR count). The minimum absolute atomic E-state index is 0.616. The minimum atomic E-state index is -0.616. The number of rotatable bonds is 5. The van der Waals surface area contributed by atoms with E-state index in [9.17, 15) is 5.11 Å². The molecule has 118 valence electrons. The van der Waals surface area contributed by atoms with Crippen molar-refractivity contribution in [2.24, 2.45) is 0 Å². The first-order valence-electron chi connectivity index (χ1n) is 7.52. The fraction of sp³-hybridized carbons (Fsp3) is 0.625. The fourth-order valence-corrected chi connectivity index (χ4v) is 3.21. The van der Waals surface area contributed by atoms with Crippen LogP contribution in [0.3, 0.4) is 0 Å². The summed E-state index contributed by atoms with van der Waals surface area (Å²) in [5, 5.41) is 13.2. The largest absolute Gasteiger partial charge is 0.389 e. The standard InChI is InChI=1S/C16H26BrN3O/c1-16(2,21)12-19-6-8-20(9-7-19)15-10-14(17)5-4-13(15)11-18-3/h4-5,10,18,21H,6-9,11-12H2,1-3H3. The highest BCUT2D eigenvalue weighted by Crippen LogP contribution is 2.26. The number of halogens is 1. The summed E-state index contributed by atoms with van der Waals surface area (Å²) < 4.78 is 1.12. The molecule has 0 amide bonds. The third-order valence-corrected chi connectivity index (χ3v) is 4.23. The van der Waals surface area contributed by atoms with E-state index in [1.807, 2.05) is 20.9 Å². The molecule has 0 aliphatic carbocycles. The van der Waals surface area contributed by atoms with Crippen LogP contribution in [0.25, 0.3) is 0 Å². The Bertz CT molecular complexity index is 465. The van der Waals surface area contributed by atoms with E-state index in [0.29, 0.717) is 0 Å². The van der Waals surface area contributed by atoms with Gasteiger partial charge in [0.25, 0.3) is 0 Å². The molecule has 0 radical (unpaired) electrons. The van der Waals surface area contributed by atoms with Gasteiger partial charge in [-0.05, 0) is 38.6 Å². The highest BCUT2D eigenvalue weighted by molar-refractivity contribution is 9.10. The van der Waals surface area contributed by atoms with E-state index in [0.717, 1.165) is 43.7 Å². The first-order chi connectivity index (χ1) is 9.89. The van der Waals surface area contributed by atoms with Crippen LogP contribution in [0.4, 0.5) is 5.69 Å². The molecule has 1 saturated heterocycles.